The molecule has 0 aromatic heterocycles. The van der Waals surface area contributed by atoms with Crippen molar-refractivity contribution in [3.63, 3.8) is 0 Å². The molecule has 0 amide bonds. The lowest BCUT2D eigenvalue weighted by Gasteiger charge is -1.95. The molecule has 90 valence electrons. The van der Waals surface area contributed by atoms with Crippen LogP contribution in [0.25, 0.3) is 0 Å². The Balaban J connectivity index is 2.04. The fourth-order valence-electron chi connectivity index (χ4n) is 1.34. The first kappa shape index (κ1) is 12.3. The predicted octanol–water partition coefficient (Wildman–Crippen LogP) is 3.72. The van der Waals surface area contributed by atoms with E-state index >= 15 is 0 Å². The van der Waals surface area contributed by atoms with Gasteiger partial charge in [0.15, 0.2) is 0 Å². The van der Waals surface area contributed by atoms with E-state index in [0.717, 1.165) is 10.5 Å². The molecule has 0 atom stereocenters. The van der Waals surface area contributed by atoms with Gasteiger partial charge in [0.2, 0.25) is 0 Å². The summed E-state index contributed by atoms with van der Waals surface area (Å²) in [5, 5.41) is 10.6. The van der Waals surface area contributed by atoms with Crippen LogP contribution in [0.5, 0.6) is 0 Å². The summed E-state index contributed by atoms with van der Waals surface area (Å²) in [6, 6.07) is 16.1. The molecule has 0 fully saturated rings. The second-order valence-corrected chi connectivity index (χ2v) is 4.36. The Hall–Kier alpha value is -2.14. The summed E-state index contributed by atoms with van der Waals surface area (Å²) in [6.45, 7) is 0. The summed E-state index contributed by atoms with van der Waals surface area (Å²) in [7, 11) is 0. The van der Waals surface area contributed by atoms with Gasteiger partial charge in [-0.1, -0.05) is 36.4 Å². The molecule has 0 saturated heterocycles. The van der Waals surface area contributed by atoms with Crippen LogP contribution >= 0.6 is 11.9 Å². The van der Waals surface area contributed by atoms with Crippen molar-refractivity contribution in [2.45, 2.75) is 4.90 Å². The predicted molar refractivity (Wildman–Crippen MR) is 73.0 cm³/mol. The number of nitrogens with zero attached hydrogens (tertiary/aromatic N) is 2. The first-order valence-electron chi connectivity index (χ1n) is 5.25. The fraction of sp³-hybridized carbons (Fsp3) is 0. The summed E-state index contributed by atoms with van der Waals surface area (Å²) >= 11 is 1.21. The number of benzene rings is 2. The molecule has 0 bridgehead atoms. The Bertz CT molecular complexity index is 570. The molecule has 4 nitrogen and oxygen atoms in total. The molecule has 0 N–H and O–H groups in total. The van der Waals surface area contributed by atoms with E-state index in [1.165, 1.54) is 24.1 Å². The minimum absolute atomic E-state index is 0.0786. The molecule has 5 heteroatoms. The van der Waals surface area contributed by atoms with E-state index in [1.807, 2.05) is 30.3 Å². The smallest absolute Gasteiger partial charge is 0.258 e. The third kappa shape index (κ3) is 3.43. The lowest BCUT2D eigenvalue weighted by Crippen LogP contribution is -1.86. The minimum atomic E-state index is -0.412. The molecular formula is C13H10N2O2S. The van der Waals surface area contributed by atoms with Crippen LogP contribution in [0, 0.1) is 10.1 Å². The SMILES string of the molecule is O=[N+]([O-])c1cccc(SN=Cc2ccccc2)c1. The van der Waals surface area contributed by atoms with Gasteiger partial charge in [0.25, 0.3) is 5.69 Å². The topological polar surface area (TPSA) is 55.5 Å². The van der Waals surface area contributed by atoms with Crippen LogP contribution in [0.3, 0.4) is 0 Å². The number of hydrogen-bond donors (Lipinski definition) is 0. The molecule has 2 aromatic rings. The van der Waals surface area contributed by atoms with Gasteiger partial charge in [-0.05, 0) is 11.6 Å². The van der Waals surface area contributed by atoms with Crippen molar-refractivity contribution in [3.05, 3.63) is 70.3 Å². The maximum atomic E-state index is 10.6. The zero-order valence-corrected chi connectivity index (χ0v) is 10.2. The summed E-state index contributed by atoms with van der Waals surface area (Å²) in [5.41, 5.74) is 1.07. The van der Waals surface area contributed by atoms with E-state index in [1.54, 1.807) is 18.3 Å². The van der Waals surface area contributed by atoms with Crippen molar-refractivity contribution in [1.82, 2.24) is 0 Å². The molecule has 2 rings (SSSR count). The van der Waals surface area contributed by atoms with Crippen LogP contribution in [-0.2, 0) is 0 Å². The first-order chi connectivity index (χ1) is 8.75. The maximum Gasteiger partial charge on any atom is 0.270 e. The Labute approximate surface area is 109 Å². The molecule has 0 saturated carbocycles. The van der Waals surface area contributed by atoms with Gasteiger partial charge in [-0.15, -0.1) is 0 Å². The Kier molecular flexibility index (Phi) is 4.09. The zero-order chi connectivity index (χ0) is 12.8. The third-order valence-electron chi connectivity index (χ3n) is 2.19. The second kappa shape index (κ2) is 5.97. The average Bonchev–Trinajstić information content (AvgIpc) is 2.40. The minimum Gasteiger partial charge on any atom is -0.258 e. The van der Waals surface area contributed by atoms with Crippen LogP contribution in [0.4, 0.5) is 5.69 Å². The van der Waals surface area contributed by atoms with Crippen molar-refractivity contribution in [2.75, 3.05) is 0 Å². The summed E-state index contributed by atoms with van der Waals surface area (Å²) < 4.78 is 4.18. The Morgan fingerprint density at radius 2 is 1.89 bits per heavy atom. The van der Waals surface area contributed by atoms with E-state index in [4.69, 9.17) is 0 Å². The molecule has 0 aliphatic carbocycles. The average molecular weight is 258 g/mol. The van der Waals surface area contributed by atoms with E-state index in [0.29, 0.717) is 0 Å². The van der Waals surface area contributed by atoms with Gasteiger partial charge in [0, 0.05) is 35.2 Å². The maximum absolute atomic E-state index is 10.6. The molecular weight excluding hydrogens is 248 g/mol. The monoisotopic (exact) mass is 258 g/mol. The highest BCUT2D eigenvalue weighted by molar-refractivity contribution is 7.98. The first-order valence-corrected chi connectivity index (χ1v) is 6.03. The summed E-state index contributed by atoms with van der Waals surface area (Å²) in [5.74, 6) is 0. The van der Waals surface area contributed by atoms with Crippen molar-refractivity contribution in [2.24, 2.45) is 4.40 Å². The van der Waals surface area contributed by atoms with Gasteiger partial charge in [-0.25, -0.2) is 4.40 Å². The summed E-state index contributed by atoms with van der Waals surface area (Å²) in [6.07, 6.45) is 1.73. The summed E-state index contributed by atoms with van der Waals surface area (Å²) in [4.78, 5) is 10.9. The fourth-order valence-corrected chi connectivity index (χ4v) is 1.95. The molecule has 2 aromatic carbocycles. The Morgan fingerprint density at radius 3 is 2.61 bits per heavy atom. The molecule has 18 heavy (non-hydrogen) atoms. The second-order valence-electron chi connectivity index (χ2n) is 3.49. The molecule has 0 aliphatic rings. The van der Waals surface area contributed by atoms with Crippen molar-refractivity contribution >= 4 is 23.8 Å². The van der Waals surface area contributed by atoms with Gasteiger partial charge in [-0.3, -0.25) is 10.1 Å². The normalized spacial score (nSPS) is 10.7. The van der Waals surface area contributed by atoms with Crippen molar-refractivity contribution in [3.8, 4) is 0 Å². The van der Waals surface area contributed by atoms with Gasteiger partial charge in [0.1, 0.15) is 0 Å². The number of rotatable bonds is 4. The van der Waals surface area contributed by atoms with Crippen LogP contribution in [-0.4, -0.2) is 11.1 Å². The van der Waals surface area contributed by atoms with Crippen LogP contribution in [0.15, 0.2) is 63.9 Å². The van der Waals surface area contributed by atoms with Crippen LogP contribution in [0.1, 0.15) is 5.56 Å². The molecule has 0 unspecified atom stereocenters. The van der Waals surface area contributed by atoms with E-state index in [2.05, 4.69) is 4.40 Å². The highest BCUT2D eigenvalue weighted by Gasteiger charge is 2.05. The van der Waals surface area contributed by atoms with E-state index in [-0.39, 0.29) is 5.69 Å². The number of nitro groups is 1. The molecule has 0 aliphatic heterocycles. The van der Waals surface area contributed by atoms with Crippen molar-refractivity contribution in [1.29, 1.82) is 0 Å². The molecule has 0 radical (unpaired) electrons. The van der Waals surface area contributed by atoms with Crippen molar-refractivity contribution < 1.29 is 4.92 Å². The quantitative estimate of drug-likeness (QED) is 0.363. The van der Waals surface area contributed by atoms with E-state index in [9.17, 15) is 10.1 Å². The van der Waals surface area contributed by atoms with Gasteiger partial charge in [0.05, 0.1) is 4.92 Å². The largest absolute Gasteiger partial charge is 0.270 e. The van der Waals surface area contributed by atoms with Gasteiger partial charge in [-0.2, -0.15) is 0 Å². The number of nitro benzene ring substituents is 1. The number of non-ortho nitro benzene ring substituents is 1. The molecule has 0 heterocycles. The van der Waals surface area contributed by atoms with Gasteiger partial charge < -0.3 is 0 Å². The Morgan fingerprint density at radius 1 is 1.11 bits per heavy atom. The molecule has 0 spiro atoms. The zero-order valence-electron chi connectivity index (χ0n) is 9.39. The lowest BCUT2D eigenvalue weighted by atomic mass is 10.2. The standard InChI is InChI=1S/C13H10N2O2S/c16-15(17)12-7-4-8-13(9-12)18-14-10-11-5-2-1-3-6-11/h1-10H. The lowest BCUT2D eigenvalue weighted by molar-refractivity contribution is -0.385. The van der Waals surface area contributed by atoms with Crippen LogP contribution < -0.4 is 0 Å². The highest BCUT2D eigenvalue weighted by Crippen LogP contribution is 2.23. The highest BCUT2D eigenvalue weighted by atomic mass is 32.2. The van der Waals surface area contributed by atoms with Gasteiger partial charge >= 0.3 is 0 Å². The third-order valence-corrected chi connectivity index (χ3v) is 2.86. The van der Waals surface area contributed by atoms with Crippen LogP contribution in [0.2, 0.25) is 0 Å². The number of hydrogen-bond acceptors (Lipinski definition) is 4. The van der Waals surface area contributed by atoms with E-state index < -0.39 is 4.92 Å².